The Hall–Kier alpha value is -3.02. The van der Waals surface area contributed by atoms with E-state index in [9.17, 15) is 9.59 Å². The number of ether oxygens (including phenoxy) is 1. The summed E-state index contributed by atoms with van der Waals surface area (Å²) in [7, 11) is 1.60. The Balaban J connectivity index is 1.59. The molecule has 170 valence electrons. The van der Waals surface area contributed by atoms with Gasteiger partial charge in [0.25, 0.3) is 11.8 Å². The van der Waals surface area contributed by atoms with E-state index in [1.165, 1.54) is 6.42 Å². The minimum absolute atomic E-state index is 0.0684. The van der Waals surface area contributed by atoms with Crippen molar-refractivity contribution < 1.29 is 14.3 Å². The molecule has 2 aliphatic rings. The number of amides is 2. The number of nitrogens with zero attached hydrogens (tertiary/aromatic N) is 2. The summed E-state index contributed by atoms with van der Waals surface area (Å²) < 4.78 is 5.17. The van der Waals surface area contributed by atoms with Gasteiger partial charge in [-0.2, -0.15) is 0 Å². The van der Waals surface area contributed by atoms with Gasteiger partial charge in [-0.25, -0.2) is 0 Å². The summed E-state index contributed by atoms with van der Waals surface area (Å²) in [4.78, 5) is 30.5. The Bertz CT molecular complexity index is 943. The molecule has 0 saturated carbocycles. The summed E-state index contributed by atoms with van der Waals surface area (Å²) in [5, 5.41) is 2.96. The maximum absolute atomic E-state index is 13.5. The summed E-state index contributed by atoms with van der Waals surface area (Å²) in [6.45, 7) is 5.81. The van der Waals surface area contributed by atoms with Gasteiger partial charge in [0.05, 0.1) is 12.7 Å². The number of anilines is 2. The third-order valence-corrected chi connectivity index (χ3v) is 6.60. The predicted molar refractivity (Wildman–Crippen MR) is 128 cm³/mol. The number of piperidine rings is 2. The van der Waals surface area contributed by atoms with Gasteiger partial charge in [-0.3, -0.25) is 9.59 Å². The smallest absolute Gasteiger partial charge is 0.256 e. The van der Waals surface area contributed by atoms with Crippen molar-refractivity contribution in [3.8, 4) is 5.75 Å². The lowest BCUT2D eigenvalue weighted by atomic mass is 9.97. The molecule has 0 spiro atoms. The Morgan fingerprint density at radius 2 is 1.62 bits per heavy atom. The van der Waals surface area contributed by atoms with Crippen LogP contribution in [-0.4, -0.2) is 50.0 Å². The fourth-order valence-corrected chi connectivity index (χ4v) is 4.52. The number of likely N-dealkylation sites (tertiary alicyclic amines) is 1. The number of carbonyl (C=O) groups is 2. The highest BCUT2D eigenvalue weighted by molar-refractivity contribution is 6.06. The summed E-state index contributed by atoms with van der Waals surface area (Å²) in [6, 6.07) is 12.8. The monoisotopic (exact) mass is 435 g/mol. The normalized spacial score (nSPS) is 17.2. The zero-order chi connectivity index (χ0) is 22.5. The van der Waals surface area contributed by atoms with Crippen LogP contribution in [0.15, 0.2) is 42.5 Å². The van der Waals surface area contributed by atoms with Crippen LogP contribution in [0.3, 0.4) is 0 Å². The second-order valence-corrected chi connectivity index (χ2v) is 8.94. The molecule has 0 aliphatic carbocycles. The first kappa shape index (κ1) is 22.2. The molecule has 0 bridgehead atoms. The number of methoxy groups -OCH3 is 1. The molecule has 0 atom stereocenters. The van der Waals surface area contributed by atoms with Crippen molar-refractivity contribution >= 4 is 23.2 Å². The number of hydrogen-bond acceptors (Lipinski definition) is 4. The van der Waals surface area contributed by atoms with Crippen LogP contribution in [0.5, 0.6) is 5.75 Å². The van der Waals surface area contributed by atoms with Crippen molar-refractivity contribution in [2.45, 2.75) is 39.0 Å². The first-order valence-corrected chi connectivity index (χ1v) is 11.7. The van der Waals surface area contributed by atoms with Gasteiger partial charge in [0.2, 0.25) is 0 Å². The van der Waals surface area contributed by atoms with E-state index >= 15 is 0 Å². The Morgan fingerprint density at radius 1 is 0.938 bits per heavy atom. The summed E-state index contributed by atoms with van der Waals surface area (Å²) in [6.07, 6.45) is 5.55. The van der Waals surface area contributed by atoms with Crippen LogP contribution in [0.1, 0.15) is 59.7 Å². The van der Waals surface area contributed by atoms with Gasteiger partial charge in [0.15, 0.2) is 0 Å². The van der Waals surface area contributed by atoms with Crippen LogP contribution in [0.4, 0.5) is 11.4 Å². The summed E-state index contributed by atoms with van der Waals surface area (Å²) >= 11 is 0. The van der Waals surface area contributed by atoms with E-state index in [1.807, 2.05) is 23.1 Å². The quantitative estimate of drug-likeness (QED) is 0.732. The van der Waals surface area contributed by atoms with Gasteiger partial charge in [-0.05, 0) is 80.5 Å². The molecule has 2 heterocycles. The van der Waals surface area contributed by atoms with Gasteiger partial charge >= 0.3 is 0 Å². The summed E-state index contributed by atoms with van der Waals surface area (Å²) in [5.74, 6) is 1.29. The number of rotatable bonds is 5. The number of benzene rings is 2. The van der Waals surface area contributed by atoms with Crippen LogP contribution in [0, 0.1) is 5.92 Å². The van der Waals surface area contributed by atoms with Crippen LogP contribution in [0.25, 0.3) is 0 Å². The highest BCUT2D eigenvalue weighted by Gasteiger charge is 2.25. The van der Waals surface area contributed by atoms with Crippen molar-refractivity contribution in [1.29, 1.82) is 0 Å². The van der Waals surface area contributed by atoms with E-state index in [2.05, 4.69) is 17.1 Å². The molecular weight excluding hydrogens is 402 g/mol. The molecule has 2 fully saturated rings. The molecule has 6 heteroatoms. The standard InChI is InChI=1S/C26H33N3O3/c1-19-12-16-28(17-13-19)24-11-8-21(18-23(24)26(31)29-14-4-3-5-15-29)27-25(30)20-6-9-22(32-2)10-7-20/h6-11,18-19H,3-5,12-17H2,1-2H3,(H,27,30). The SMILES string of the molecule is COc1ccc(C(=O)Nc2ccc(N3CCC(C)CC3)c(C(=O)N3CCCCC3)c2)cc1. The van der Waals surface area contributed by atoms with Crippen LogP contribution in [-0.2, 0) is 0 Å². The highest BCUT2D eigenvalue weighted by atomic mass is 16.5. The lowest BCUT2D eigenvalue weighted by Gasteiger charge is -2.35. The van der Waals surface area contributed by atoms with Crippen LogP contribution >= 0.6 is 0 Å². The molecule has 2 saturated heterocycles. The second-order valence-electron chi connectivity index (χ2n) is 8.94. The van der Waals surface area contributed by atoms with Gasteiger partial charge in [0.1, 0.15) is 5.75 Å². The maximum atomic E-state index is 13.5. The number of hydrogen-bond donors (Lipinski definition) is 1. The van der Waals surface area contributed by atoms with Gasteiger partial charge in [0, 0.05) is 43.1 Å². The molecule has 0 radical (unpaired) electrons. The molecule has 2 aromatic rings. The van der Waals surface area contributed by atoms with Gasteiger partial charge in [-0.1, -0.05) is 6.92 Å². The van der Waals surface area contributed by atoms with Crippen molar-refractivity contribution in [2.75, 3.05) is 43.5 Å². The fourth-order valence-electron chi connectivity index (χ4n) is 4.52. The molecule has 2 aromatic carbocycles. The Morgan fingerprint density at radius 3 is 2.28 bits per heavy atom. The first-order valence-electron chi connectivity index (χ1n) is 11.7. The lowest BCUT2D eigenvalue weighted by molar-refractivity contribution is 0.0724. The van der Waals surface area contributed by atoms with Crippen molar-refractivity contribution in [1.82, 2.24) is 4.90 Å². The van der Waals surface area contributed by atoms with E-state index in [1.54, 1.807) is 31.4 Å². The summed E-state index contributed by atoms with van der Waals surface area (Å²) in [5.41, 5.74) is 2.85. The molecule has 2 aliphatic heterocycles. The lowest BCUT2D eigenvalue weighted by Crippen LogP contribution is -2.38. The largest absolute Gasteiger partial charge is 0.497 e. The third kappa shape index (κ3) is 5.06. The first-order chi connectivity index (χ1) is 15.5. The molecule has 0 aromatic heterocycles. The predicted octanol–water partition coefficient (Wildman–Crippen LogP) is 4.81. The minimum Gasteiger partial charge on any atom is -0.497 e. The van der Waals surface area contributed by atoms with E-state index in [0.717, 1.165) is 63.5 Å². The van der Waals surface area contributed by atoms with Crippen molar-refractivity contribution in [3.63, 3.8) is 0 Å². The van der Waals surface area contributed by atoms with E-state index < -0.39 is 0 Å². The third-order valence-electron chi connectivity index (χ3n) is 6.60. The minimum atomic E-state index is -0.205. The molecule has 2 amide bonds. The van der Waals surface area contributed by atoms with Gasteiger partial charge < -0.3 is 19.9 Å². The second kappa shape index (κ2) is 10.1. The molecular formula is C26H33N3O3. The van der Waals surface area contributed by atoms with E-state index in [4.69, 9.17) is 4.74 Å². The Labute approximate surface area is 190 Å². The molecule has 4 rings (SSSR count). The molecule has 32 heavy (non-hydrogen) atoms. The zero-order valence-corrected chi connectivity index (χ0v) is 19.1. The molecule has 0 unspecified atom stereocenters. The topological polar surface area (TPSA) is 61.9 Å². The highest BCUT2D eigenvalue weighted by Crippen LogP contribution is 2.30. The van der Waals surface area contributed by atoms with Crippen molar-refractivity contribution in [3.05, 3.63) is 53.6 Å². The zero-order valence-electron chi connectivity index (χ0n) is 19.1. The van der Waals surface area contributed by atoms with E-state index in [0.29, 0.717) is 22.6 Å². The Kier molecular flexibility index (Phi) is 6.98. The van der Waals surface area contributed by atoms with Gasteiger partial charge in [-0.15, -0.1) is 0 Å². The van der Waals surface area contributed by atoms with Crippen LogP contribution in [0.2, 0.25) is 0 Å². The molecule has 1 N–H and O–H groups in total. The fraction of sp³-hybridized carbons (Fsp3) is 0.462. The average molecular weight is 436 g/mol. The van der Waals surface area contributed by atoms with Crippen molar-refractivity contribution in [2.24, 2.45) is 5.92 Å². The average Bonchev–Trinajstić information content (AvgIpc) is 2.84. The molecule has 6 nitrogen and oxygen atoms in total. The number of carbonyl (C=O) groups excluding carboxylic acids is 2. The number of nitrogens with one attached hydrogen (secondary N) is 1. The van der Waals surface area contributed by atoms with E-state index in [-0.39, 0.29) is 11.8 Å². The van der Waals surface area contributed by atoms with Crippen LogP contribution < -0.4 is 15.0 Å². The maximum Gasteiger partial charge on any atom is 0.256 e.